The van der Waals surface area contributed by atoms with Crippen molar-refractivity contribution in [3.05, 3.63) is 24.4 Å². The maximum absolute atomic E-state index is 12.5. The number of pyridine rings is 1. The van der Waals surface area contributed by atoms with Gasteiger partial charge in [0, 0.05) is 11.9 Å². The van der Waals surface area contributed by atoms with Crippen molar-refractivity contribution in [1.82, 2.24) is 4.98 Å². The smallest absolute Gasteiger partial charge is 0.383 e. The Morgan fingerprint density at radius 1 is 1.37 bits per heavy atom. The topological polar surface area (TPSA) is 69.0 Å². The van der Waals surface area contributed by atoms with Crippen LogP contribution in [-0.2, 0) is 0 Å². The Labute approximate surface area is 107 Å². The van der Waals surface area contributed by atoms with Crippen molar-refractivity contribution in [2.75, 3.05) is 5.01 Å². The van der Waals surface area contributed by atoms with Crippen LogP contribution in [0.4, 0.5) is 19.0 Å². The number of hydrazone groups is 1. The van der Waals surface area contributed by atoms with Crippen LogP contribution in [0.1, 0.15) is 6.92 Å². The highest BCUT2D eigenvalue weighted by molar-refractivity contribution is 5.89. The van der Waals surface area contributed by atoms with Crippen molar-refractivity contribution < 1.29 is 23.4 Å². The van der Waals surface area contributed by atoms with Crippen molar-refractivity contribution in [3.8, 4) is 0 Å². The third-order valence-electron chi connectivity index (χ3n) is 2.88. The van der Waals surface area contributed by atoms with Crippen LogP contribution in [0, 0.1) is 5.92 Å². The summed E-state index contributed by atoms with van der Waals surface area (Å²) in [6, 6.07) is 4.75. The first kappa shape index (κ1) is 13.8. The molecule has 1 aliphatic heterocycles. The van der Waals surface area contributed by atoms with E-state index in [9.17, 15) is 23.4 Å². The van der Waals surface area contributed by atoms with Gasteiger partial charge in [-0.2, -0.15) is 18.3 Å². The fraction of sp³-hybridized carbons (Fsp3) is 0.455. The number of hydrogen-bond donors (Lipinski definition) is 2. The van der Waals surface area contributed by atoms with Gasteiger partial charge in [0.2, 0.25) is 0 Å². The summed E-state index contributed by atoms with van der Waals surface area (Å²) >= 11 is 0. The number of rotatable bonds is 2. The van der Waals surface area contributed by atoms with Crippen molar-refractivity contribution in [2.45, 2.75) is 25.4 Å². The number of aromatic nitrogens is 1. The lowest BCUT2D eigenvalue weighted by molar-refractivity contribution is -0.219. The molecule has 5 nitrogen and oxygen atoms in total. The summed E-state index contributed by atoms with van der Waals surface area (Å²) in [5.74, 6) is -1.31. The van der Waals surface area contributed by atoms with Gasteiger partial charge < -0.3 is 10.2 Å². The van der Waals surface area contributed by atoms with Gasteiger partial charge in [0.15, 0.2) is 18.1 Å². The quantitative estimate of drug-likeness (QED) is 0.849. The van der Waals surface area contributed by atoms with Gasteiger partial charge >= 0.3 is 6.18 Å². The van der Waals surface area contributed by atoms with E-state index < -0.39 is 24.4 Å². The van der Waals surface area contributed by atoms with E-state index in [1.54, 1.807) is 12.1 Å². The lowest BCUT2D eigenvalue weighted by Gasteiger charge is -2.26. The molecule has 1 aromatic rings. The van der Waals surface area contributed by atoms with Crippen LogP contribution in [0.15, 0.2) is 29.5 Å². The molecular formula is C11H12F3N3O2. The number of hydrogen-bond acceptors (Lipinski definition) is 5. The molecule has 19 heavy (non-hydrogen) atoms. The van der Waals surface area contributed by atoms with E-state index in [-0.39, 0.29) is 11.5 Å². The van der Waals surface area contributed by atoms with Crippen LogP contribution in [0.2, 0.25) is 0 Å². The molecule has 0 amide bonds. The fourth-order valence-electron chi connectivity index (χ4n) is 1.93. The fourth-order valence-corrected chi connectivity index (χ4v) is 1.93. The maximum atomic E-state index is 12.5. The molecular weight excluding hydrogens is 263 g/mol. The number of aliphatic hydroxyl groups is 2. The SMILES string of the molecule is CC1=NN(c2ccccn2)C(O)C1C(O)C(F)(F)F. The lowest BCUT2D eigenvalue weighted by atomic mass is 9.96. The Hall–Kier alpha value is -1.67. The van der Waals surface area contributed by atoms with E-state index >= 15 is 0 Å². The van der Waals surface area contributed by atoms with Gasteiger partial charge in [-0.1, -0.05) is 6.07 Å². The molecule has 0 fully saturated rings. The predicted octanol–water partition coefficient (Wildman–Crippen LogP) is 1.14. The van der Waals surface area contributed by atoms with Crippen LogP contribution in [-0.4, -0.2) is 39.4 Å². The molecule has 104 valence electrons. The summed E-state index contributed by atoms with van der Waals surface area (Å²) in [6.07, 6.45) is -7.66. The van der Waals surface area contributed by atoms with Gasteiger partial charge in [0.05, 0.1) is 5.92 Å². The average molecular weight is 275 g/mol. The number of anilines is 1. The van der Waals surface area contributed by atoms with Crippen molar-refractivity contribution >= 4 is 11.5 Å². The van der Waals surface area contributed by atoms with E-state index in [0.717, 1.165) is 5.01 Å². The summed E-state index contributed by atoms with van der Waals surface area (Å²) in [5.41, 5.74) is 0.00276. The van der Waals surface area contributed by atoms with Crippen LogP contribution in [0.3, 0.4) is 0 Å². The highest BCUT2D eigenvalue weighted by Gasteiger charge is 2.51. The van der Waals surface area contributed by atoms with Gasteiger partial charge in [-0.25, -0.2) is 9.99 Å². The van der Waals surface area contributed by atoms with E-state index in [4.69, 9.17) is 0 Å². The highest BCUT2D eigenvalue weighted by atomic mass is 19.4. The Morgan fingerprint density at radius 2 is 2.05 bits per heavy atom. The molecule has 3 atom stereocenters. The first-order valence-electron chi connectivity index (χ1n) is 5.50. The van der Waals surface area contributed by atoms with E-state index in [2.05, 4.69) is 10.1 Å². The summed E-state index contributed by atoms with van der Waals surface area (Å²) in [7, 11) is 0. The molecule has 2 N–H and O–H groups in total. The standard InChI is InChI=1S/C11H12F3N3O2/c1-6-8(9(18)11(12,13)14)10(19)17(16-6)7-4-2-3-5-15-7/h2-5,8-10,18-19H,1H3. The zero-order valence-corrected chi connectivity index (χ0v) is 9.91. The third-order valence-corrected chi connectivity index (χ3v) is 2.88. The lowest BCUT2D eigenvalue weighted by Crippen LogP contribution is -2.46. The monoisotopic (exact) mass is 275 g/mol. The minimum Gasteiger partial charge on any atom is -0.383 e. The van der Waals surface area contributed by atoms with Crippen molar-refractivity contribution in [3.63, 3.8) is 0 Å². The normalized spacial score (nSPS) is 25.4. The first-order chi connectivity index (χ1) is 8.82. The molecule has 0 spiro atoms. The highest BCUT2D eigenvalue weighted by Crippen LogP contribution is 2.34. The van der Waals surface area contributed by atoms with Gasteiger partial charge in [-0.05, 0) is 19.1 Å². The molecule has 0 saturated heterocycles. The zero-order valence-electron chi connectivity index (χ0n) is 9.91. The molecule has 0 radical (unpaired) electrons. The second-order valence-corrected chi connectivity index (χ2v) is 4.20. The van der Waals surface area contributed by atoms with Crippen LogP contribution in [0.5, 0.6) is 0 Å². The molecule has 1 aromatic heterocycles. The molecule has 2 heterocycles. The summed E-state index contributed by atoms with van der Waals surface area (Å²) in [6.45, 7) is 1.33. The summed E-state index contributed by atoms with van der Waals surface area (Å²) < 4.78 is 37.6. The molecule has 3 unspecified atom stereocenters. The largest absolute Gasteiger partial charge is 0.415 e. The molecule has 0 aromatic carbocycles. The molecule has 0 aliphatic carbocycles. The third kappa shape index (κ3) is 2.54. The van der Waals surface area contributed by atoms with Crippen molar-refractivity contribution in [2.24, 2.45) is 11.0 Å². The summed E-state index contributed by atoms with van der Waals surface area (Å²) in [5, 5.41) is 24.0. The number of nitrogens with zero attached hydrogens (tertiary/aromatic N) is 3. The second kappa shape index (κ2) is 4.78. The number of alkyl halides is 3. The van der Waals surface area contributed by atoms with Gasteiger partial charge in [0.1, 0.15) is 0 Å². The van der Waals surface area contributed by atoms with Gasteiger partial charge in [0.25, 0.3) is 0 Å². The minimum atomic E-state index is -4.82. The Balaban J connectivity index is 2.27. The van der Waals surface area contributed by atoms with Crippen LogP contribution >= 0.6 is 0 Å². The molecule has 8 heteroatoms. The first-order valence-corrected chi connectivity index (χ1v) is 5.50. The number of aliphatic hydroxyl groups excluding tert-OH is 2. The minimum absolute atomic E-state index is 0.00276. The predicted molar refractivity (Wildman–Crippen MR) is 61.4 cm³/mol. The molecule has 2 rings (SSSR count). The van der Waals surface area contributed by atoms with Crippen LogP contribution in [0.25, 0.3) is 0 Å². The molecule has 1 aliphatic rings. The Kier molecular flexibility index (Phi) is 3.46. The van der Waals surface area contributed by atoms with Gasteiger partial charge in [-0.3, -0.25) is 0 Å². The van der Waals surface area contributed by atoms with E-state index in [0.29, 0.717) is 0 Å². The average Bonchev–Trinajstić information content (AvgIpc) is 2.64. The Morgan fingerprint density at radius 3 is 2.58 bits per heavy atom. The van der Waals surface area contributed by atoms with Crippen molar-refractivity contribution in [1.29, 1.82) is 0 Å². The number of halogens is 3. The summed E-state index contributed by atoms with van der Waals surface area (Å²) in [4.78, 5) is 3.90. The van der Waals surface area contributed by atoms with Crippen LogP contribution < -0.4 is 5.01 Å². The molecule has 0 saturated carbocycles. The van der Waals surface area contributed by atoms with E-state index in [1.165, 1.54) is 19.2 Å². The maximum Gasteiger partial charge on any atom is 0.415 e. The van der Waals surface area contributed by atoms with E-state index in [1.807, 2.05) is 0 Å². The zero-order chi connectivity index (χ0) is 14.2. The van der Waals surface area contributed by atoms with Gasteiger partial charge in [-0.15, -0.1) is 0 Å². The molecule has 0 bridgehead atoms. The second-order valence-electron chi connectivity index (χ2n) is 4.20. The Bertz CT molecular complexity index is 478.